The molecule has 1 aliphatic heterocycles. The summed E-state index contributed by atoms with van der Waals surface area (Å²) >= 11 is 0. The van der Waals surface area contributed by atoms with Crippen molar-refractivity contribution in [3.8, 4) is 5.88 Å². The molecule has 1 N–H and O–H groups in total. The van der Waals surface area contributed by atoms with Crippen LogP contribution in [-0.4, -0.2) is 72.9 Å². The first kappa shape index (κ1) is 19.3. The Hall–Kier alpha value is -2.72. The van der Waals surface area contributed by atoms with E-state index >= 15 is 0 Å². The zero-order valence-electron chi connectivity index (χ0n) is 17.5. The van der Waals surface area contributed by atoms with Crippen molar-refractivity contribution < 1.29 is 9.47 Å². The van der Waals surface area contributed by atoms with Crippen LogP contribution in [-0.2, 0) is 18.8 Å². The summed E-state index contributed by atoms with van der Waals surface area (Å²) in [4.78, 5) is 11.8. The third-order valence-electron chi connectivity index (χ3n) is 6.00. The molecule has 2 aliphatic rings. The second-order valence-corrected chi connectivity index (χ2v) is 8.08. The van der Waals surface area contributed by atoms with Crippen molar-refractivity contribution in [1.29, 1.82) is 0 Å². The Labute approximate surface area is 175 Å². The van der Waals surface area contributed by atoms with Gasteiger partial charge in [-0.25, -0.2) is 4.98 Å². The van der Waals surface area contributed by atoms with Crippen molar-refractivity contribution in [1.82, 2.24) is 34.4 Å². The van der Waals surface area contributed by atoms with Gasteiger partial charge in [0.25, 0.3) is 0 Å². The van der Waals surface area contributed by atoms with E-state index < -0.39 is 0 Å². The summed E-state index contributed by atoms with van der Waals surface area (Å²) in [6.07, 6.45) is 9.85. The zero-order chi connectivity index (χ0) is 20.5. The van der Waals surface area contributed by atoms with E-state index in [1.165, 1.54) is 0 Å². The lowest BCUT2D eigenvalue weighted by Gasteiger charge is -2.38. The Kier molecular flexibility index (Phi) is 5.26. The van der Waals surface area contributed by atoms with Gasteiger partial charge in [-0.15, -0.1) is 0 Å². The Morgan fingerprint density at radius 3 is 2.57 bits per heavy atom. The molecular formula is C20H28N8O2. The number of rotatable bonds is 5. The van der Waals surface area contributed by atoms with Crippen LogP contribution in [0, 0.1) is 0 Å². The number of hydrogen-bond acceptors (Lipinski definition) is 8. The highest BCUT2D eigenvalue weighted by atomic mass is 16.5. The smallest absolute Gasteiger partial charge is 0.245 e. The molecule has 0 spiro atoms. The van der Waals surface area contributed by atoms with Crippen LogP contribution in [0.3, 0.4) is 0 Å². The number of anilines is 2. The molecule has 160 valence electrons. The highest BCUT2D eigenvalue weighted by molar-refractivity contribution is 5.81. The molecule has 1 saturated heterocycles. The maximum absolute atomic E-state index is 6.41. The van der Waals surface area contributed by atoms with Crippen molar-refractivity contribution in [3.63, 3.8) is 0 Å². The van der Waals surface area contributed by atoms with Gasteiger partial charge in [-0.05, 0) is 25.7 Å². The second kappa shape index (κ2) is 8.19. The maximum atomic E-state index is 6.41. The van der Waals surface area contributed by atoms with E-state index in [4.69, 9.17) is 9.47 Å². The average molecular weight is 412 g/mol. The number of nitrogens with zero attached hydrogens (tertiary/aromatic N) is 7. The summed E-state index contributed by atoms with van der Waals surface area (Å²) in [6, 6.07) is 0.638. The van der Waals surface area contributed by atoms with E-state index in [2.05, 4.69) is 30.4 Å². The molecule has 1 aliphatic carbocycles. The van der Waals surface area contributed by atoms with Crippen molar-refractivity contribution in [2.75, 3.05) is 31.6 Å². The Morgan fingerprint density at radius 2 is 1.83 bits per heavy atom. The van der Waals surface area contributed by atoms with E-state index in [-0.39, 0.29) is 6.10 Å². The minimum absolute atomic E-state index is 0.154. The average Bonchev–Trinajstić information content (AvgIpc) is 3.34. The van der Waals surface area contributed by atoms with Crippen LogP contribution in [0.1, 0.15) is 25.7 Å². The van der Waals surface area contributed by atoms with Crippen LogP contribution in [0.25, 0.3) is 11.0 Å². The third-order valence-corrected chi connectivity index (χ3v) is 6.00. The molecule has 3 aromatic rings. The maximum Gasteiger partial charge on any atom is 0.245 e. The summed E-state index contributed by atoms with van der Waals surface area (Å²) in [5, 5.41) is 11.7. The molecule has 0 aromatic carbocycles. The van der Waals surface area contributed by atoms with Crippen LogP contribution in [0.4, 0.5) is 11.6 Å². The van der Waals surface area contributed by atoms with Gasteiger partial charge in [0.1, 0.15) is 17.1 Å². The van der Waals surface area contributed by atoms with Crippen LogP contribution in [0.15, 0.2) is 18.6 Å². The molecule has 0 radical (unpaired) electrons. The summed E-state index contributed by atoms with van der Waals surface area (Å²) in [5.74, 6) is 1.07. The van der Waals surface area contributed by atoms with Crippen molar-refractivity contribution in [2.45, 2.75) is 37.8 Å². The van der Waals surface area contributed by atoms with Crippen LogP contribution in [0.5, 0.6) is 5.88 Å². The third kappa shape index (κ3) is 3.97. The first-order valence-corrected chi connectivity index (χ1v) is 10.6. The number of fused-ring (bicyclic) bond motifs is 1. The summed E-state index contributed by atoms with van der Waals surface area (Å²) in [6.45, 7) is 3.79. The number of aromatic nitrogens is 6. The lowest BCUT2D eigenvalue weighted by Crippen LogP contribution is -2.46. The highest BCUT2D eigenvalue weighted by Crippen LogP contribution is 2.30. The molecule has 3 aromatic heterocycles. The molecule has 10 heteroatoms. The normalized spacial score (nSPS) is 23.0. The molecule has 5 rings (SSSR count). The van der Waals surface area contributed by atoms with Crippen molar-refractivity contribution >= 4 is 22.7 Å². The number of nitrogens with one attached hydrogen (secondary N) is 1. The Balaban J connectivity index is 1.31. The molecule has 1 saturated carbocycles. The van der Waals surface area contributed by atoms with E-state index in [1.807, 2.05) is 20.3 Å². The molecule has 0 amide bonds. The minimum Gasteiger partial charge on any atom is -0.473 e. The number of hydrogen-bond donors (Lipinski definition) is 1. The van der Waals surface area contributed by atoms with Gasteiger partial charge in [0.2, 0.25) is 11.8 Å². The van der Waals surface area contributed by atoms with Gasteiger partial charge in [0, 0.05) is 39.4 Å². The molecule has 2 fully saturated rings. The van der Waals surface area contributed by atoms with E-state index in [0.29, 0.717) is 17.9 Å². The summed E-state index contributed by atoms with van der Waals surface area (Å²) < 4.78 is 15.4. The predicted octanol–water partition coefficient (Wildman–Crippen LogP) is 1.86. The van der Waals surface area contributed by atoms with Crippen molar-refractivity contribution in [2.24, 2.45) is 14.1 Å². The summed E-state index contributed by atoms with van der Waals surface area (Å²) in [7, 11) is 3.76. The quantitative estimate of drug-likeness (QED) is 0.679. The Bertz CT molecular complexity index is 1000. The molecule has 0 bridgehead atoms. The molecule has 0 atom stereocenters. The zero-order valence-corrected chi connectivity index (χ0v) is 17.5. The van der Waals surface area contributed by atoms with E-state index in [0.717, 1.165) is 68.7 Å². The topological polar surface area (TPSA) is 95.2 Å². The van der Waals surface area contributed by atoms with Gasteiger partial charge >= 0.3 is 0 Å². The standard InChI is InChI=1S/C20H28N8O2/c1-26-13-14(11-21-26)23-20-24-17-12-22-27(2)18(17)19(25-20)30-16-5-3-15(4-6-16)28-7-9-29-10-8-28/h11-13,15-16H,3-10H2,1-2H3,(H,23,24,25)/t15-,16-. The van der Waals surface area contributed by atoms with Gasteiger partial charge in [-0.2, -0.15) is 15.2 Å². The second-order valence-electron chi connectivity index (χ2n) is 8.08. The lowest BCUT2D eigenvalue weighted by molar-refractivity contribution is -0.00127. The lowest BCUT2D eigenvalue weighted by atomic mass is 9.91. The number of morpholine rings is 1. The first-order valence-electron chi connectivity index (χ1n) is 10.6. The molecule has 30 heavy (non-hydrogen) atoms. The highest BCUT2D eigenvalue weighted by Gasteiger charge is 2.29. The SMILES string of the molecule is Cn1cc(Nc2nc(O[C@H]3CC[C@H](N4CCOCC4)CC3)c3c(cnn3C)n2)cn1. The van der Waals surface area contributed by atoms with Gasteiger partial charge in [0.15, 0.2) is 0 Å². The van der Waals surface area contributed by atoms with E-state index in [9.17, 15) is 0 Å². The molecule has 4 heterocycles. The fourth-order valence-electron chi connectivity index (χ4n) is 4.43. The van der Waals surface area contributed by atoms with Crippen LogP contribution < -0.4 is 10.1 Å². The molecular weight excluding hydrogens is 384 g/mol. The van der Waals surface area contributed by atoms with Crippen LogP contribution in [0.2, 0.25) is 0 Å². The minimum atomic E-state index is 0.154. The molecule has 0 unspecified atom stereocenters. The number of aryl methyl sites for hydroxylation is 2. The largest absolute Gasteiger partial charge is 0.473 e. The van der Waals surface area contributed by atoms with Gasteiger partial charge < -0.3 is 14.8 Å². The number of ether oxygens (including phenoxy) is 2. The van der Waals surface area contributed by atoms with E-state index in [1.54, 1.807) is 21.8 Å². The monoisotopic (exact) mass is 412 g/mol. The Morgan fingerprint density at radius 1 is 1.03 bits per heavy atom. The van der Waals surface area contributed by atoms with Gasteiger partial charge in [0.05, 0.1) is 31.3 Å². The van der Waals surface area contributed by atoms with Crippen LogP contribution >= 0.6 is 0 Å². The predicted molar refractivity (Wildman–Crippen MR) is 112 cm³/mol. The fourth-order valence-corrected chi connectivity index (χ4v) is 4.43. The first-order chi connectivity index (χ1) is 14.7. The van der Waals surface area contributed by atoms with Gasteiger partial charge in [-0.3, -0.25) is 14.3 Å². The van der Waals surface area contributed by atoms with Gasteiger partial charge in [-0.1, -0.05) is 0 Å². The van der Waals surface area contributed by atoms with Crippen molar-refractivity contribution in [3.05, 3.63) is 18.6 Å². The summed E-state index contributed by atoms with van der Waals surface area (Å²) in [5.41, 5.74) is 2.41. The fraction of sp³-hybridized carbons (Fsp3) is 0.600. The molecule has 10 nitrogen and oxygen atoms in total.